The van der Waals surface area contributed by atoms with Crippen LogP contribution in [0.3, 0.4) is 0 Å². The lowest BCUT2D eigenvalue weighted by Gasteiger charge is -2.39. The van der Waals surface area contributed by atoms with Crippen LogP contribution < -0.4 is 5.32 Å². The van der Waals surface area contributed by atoms with Gasteiger partial charge in [-0.1, -0.05) is 37.3 Å². The summed E-state index contributed by atoms with van der Waals surface area (Å²) in [5, 5.41) is 3.52. The zero-order valence-electron chi connectivity index (χ0n) is 13.0. The maximum Gasteiger partial charge on any atom is 0.193 e. The van der Waals surface area contributed by atoms with Gasteiger partial charge in [0.05, 0.1) is 13.2 Å². The SMILES string of the molecule is CN=C(NCC1(C)COC1)N1CCC(c2ccccc2)C1. The maximum absolute atomic E-state index is 5.31. The maximum atomic E-state index is 5.31. The number of aliphatic imine (C=N–C) groups is 1. The van der Waals surface area contributed by atoms with Gasteiger partial charge in [-0.3, -0.25) is 4.99 Å². The van der Waals surface area contributed by atoms with Gasteiger partial charge in [0.2, 0.25) is 0 Å². The molecule has 0 saturated carbocycles. The Hall–Kier alpha value is -1.55. The Morgan fingerprint density at radius 1 is 1.38 bits per heavy atom. The zero-order valence-corrected chi connectivity index (χ0v) is 13.0. The van der Waals surface area contributed by atoms with Crippen LogP contribution in [0, 0.1) is 5.41 Å². The molecular formula is C17H25N3O. The normalized spacial score (nSPS) is 24.8. The molecule has 1 aromatic rings. The standard InChI is InChI=1S/C17H25N3O/c1-17(12-21-13-17)11-19-16(18-2)20-9-8-15(10-20)14-6-4-3-5-7-14/h3-7,15H,8-13H2,1-2H3,(H,18,19). The number of nitrogens with zero attached hydrogens (tertiary/aromatic N) is 2. The van der Waals surface area contributed by atoms with Crippen molar-refractivity contribution in [2.24, 2.45) is 10.4 Å². The largest absolute Gasteiger partial charge is 0.380 e. The summed E-state index contributed by atoms with van der Waals surface area (Å²) in [5.74, 6) is 1.65. The van der Waals surface area contributed by atoms with Crippen molar-refractivity contribution in [1.82, 2.24) is 10.2 Å². The van der Waals surface area contributed by atoms with E-state index in [0.29, 0.717) is 5.92 Å². The molecule has 4 nitrogen and oxygen atoms in total. The number of benzene rings is 1. The summed E-state index contributed by atoms with van der Waals surface area (Å²) in [6.07, 6.45) is 1.20. The number of hydrogen-bond donors (Lipinski definition) is 1. The first-order chi connectivity index (χ1) is 10.2. The van der Waals surface area contributed by atoms with Gasteiger partial charge in [0.15, 0.2) is 5.96 Å². The Morgan fingerprint density at radius 2 is 2.14 bits per heavy atom. The van der Waals surface area contributed by atoms with E-state index >= 15 is 0 Å². The minimum Gasteiger partial charge on any atom is -0.380 e. The summed E-state index contributed by atoms with van der Waals surface area (Å²) >= 11 is 0. The third kappa shape index (κ3) is 3.21. The lowest BCUT2D eigenvalue weighted by Crippen LogP contribution is -2.51. The highest BCUT2D eigenvalue weighted by Crippen LogP contribution is 2.28. The highest BCUT2D eigenvalue weighted by atomic mass is 16.5. The van der Waals surface area contributed by atoms with Crippen LogP contribution in [0.2, 0.25) is 0 Å². The molecule has 0 amide bonds. The molecule has 1 aromatic carbocycles. The Labute approximate surface area is 127 Å². The molecule has 0 bridgehead atoms. The first kappa shape index (κ1) is 14.4. The second-order valence-electron chi connectivity index (χ2n) is 6.55. The molecule has 0 radical (unpaired) electrons. The molecule has 2 fully saturated rings. The first-order valence-corrected chi connectivity index (χ1v) is 7.78. The second-order valence-corrected chi connectivity index (χ2v) is 6.55. The van der Waals surface area contributed by atoms with Crippen LogP contribution in [0.5, 0.6) is 0 Å². The van der Waals surface area contributed by atoms with Crippen molar-refractivity contribution in [3.8, 4) is 0 Å². The average Bonchev–Trinajstić information content (AvgIpc) is 2.97. The molecule has 1 N–H and O–H groups in total. The summed E-state index contributed by atoms with van der Waals surface area (Å²) in [7, 11) is 1.87. The Morgan fingerprint density at radius 3 is 2.76 bits per heavy atom. The van der Waals surface area contributed by atoms with E-state index in [1.807, 2.05) is 7.05 Å². The van der Waals surface area contributed by atoms with Gasteiger partial charge in [0.25, 0.3) is 0 Å². The van der Waals surface area contributed by atoms with E-state index in [9.17, 15) is 0 Å². The van der Waals surface area contributed by atoms with E-state index in [-0.39, 0.29) is 5.41 Å². The minimum atomic E-state index is 0.272. The van der Waals surface area contributed by atoms with Crippen molar-refractivity contribution in [3.05, 3.63) is 35.9 Å². The Balaban J connectivity index is 1.56. The molecule has 0 spiro atoms. The summed E-state index contributed by atoms with van der Waals surface area (Å²) in [6, 6.07) is 10.8. The second kappa shape index (κ2) is 6.06. The van der Waals surface area contributed by atoms with E-state index in [1.54, 1.807) is 0 Å². The average molecular weight is 287 g/mol. The fraction of sp³-hybridized carbons (Fsp3) is 0.588. The van der Waals surface area contributed by atoms with Crippen LogP contribution >= 0.6 is 0 Å². The molecule has 0 aromatic heterocycles. The van der Waals surface area contributed by atoms with Crippen molar-refractivity contribution in [2.75, 3.05) is 39.9 Å². The van der Waals surface area contributed by atoms with Crippen LogP contribution in [0.25, 0.3) is 0 Å². The summed E-state index contributed by atoms with van der Waals surface area (Å²) in [6.45, 7) is 7.02. The Kier molecular flexibility index (Phi) is 4.15. The minimum absolute atomic E-state index is 0.272. The van der Waals surface area contributed by atoms with Gasteiger partial charge in [-0.2, -0.15) is 0 Å². The van der Waals surface area contributed by atoms with Gasteiger partial charge in [0.1, 0.15) is 0 Å². The molecule has 3 rings (SSSR count). The van der Waals surface area contributed by atoms with Gasteiger partial charge in [-0.25, -0.2) is 0 Å². The molecule has 1 unspecified atom stereocenters. The highest BCUT2D eigenvalue weighted by molar-refractivity contribution is 5.80. The van der Waals surface area contributed by atoms with Crippen LogP contribution in [0.4, 0.5) is 0 Å². The molecule has 2 saturated heterocycles. The number of ether oxygens (including phenoxy) is 1. The summed E-state index contributed by atoms with van der Waals surface area (Å²) in [5.41, 5.74) is 1.71. The molecule has 1 atom stereocenters. The van der Waals surface area contributed by atoms with Gasteiger partial charge in [-0.15, -0.1) is 0 Å². The summed E-state index contributed by atoms with van der Waals surface area (Å²) < 4.78 is 5.31. The molecule has 2 heterocycles. The molecule has 21 heavy (non-hydrogen) atoms. The third-order valence-electron chi connectivity index (χ3n) is 4.54. The lowest BCUT2D eigenvalue weighted by molar-refractivity contribution is -0.0972. The van der Waals surface area contributed by atoms with E-state index in [4.69, 9.17) is 4.74 Å². The lowest BCUT2D eigenvalue weighted by atomic mass is 9.89. The zero-order chi connectivity index (χ0) is 14.7. The van der Waals surface area contributed by atoms with E-state index in [0.717, 1.165) is 38.8 Å². The smallest absolute Gasteiger partial charge is 0.193 e. The molecule has 2 aliphatic rings. The predicted octanol–water partition coefficient (Wildman–Crippen LogP) is 2.09. The monoisotopic (exact) mass is 287 g/mol. The number of nitrogens with one attached hydrogen (secondary N) is 1. The van der Waals surface area contributed by atoms with Crippen molar-refractivity contribution >= 4 is 5.96 Å². The topological polar surface area (TPSA) is 36.9 Å². The van der Waals surface area contributed by atoms with Gasteiger partial charge in [-0.05, 0) is 12.0 Å². The number of rotatable bonds is 3. The van der Waals surface area contributed by atoms with Crippen molar-refractivity contribution < 1.29 is 4.74 Å². The van der Waals surface area contributed by atoms with E-state index in [1.165, 1.54) is 12.0 Å². The summed E-state index contributed by atoms with van der Waals surface area (Å²) in [4.78, 5) is 6.83. The quantitative estimate of drug-likeness (QED) is 0.683. The van der Waals surface area contributed by atoms with Gasteiger partial charge >= 0.3 is 0 Å². The first-order valence-electron chi connectivity index (χ1n) is 7.78. The highest BCUT2D eigenvalue weighted by Gasteiger charge is 2.34. The predicted molar refractivity (Wildman–Crippen MR) is 85.7 cm³/mol. The van der Waals surface area contributed by atoms with Gasteiger partial charge < -0.3 is 15.0 Å². The van der Waals surface area contributed by atoms with Crippen LogP contribution in [-0.2, 0) is 4.74 Å². The fourth-order valence-electron chi connectivity index (χ4n) is 3.13. The van der Waals surface area contributed by atoms with Crippen molar-refractivity contribution in [2.45, 2.75) is 19.3 Å². The van der Waals surface area contributed by atoms with Crippen LogP contribution in [0.15, 0.2) is 35.3 Å². The molecular weight excluding hydrogens is 262 g/mol. The van der Waals surface area contributed by atoms with E-state index in [2.05, 4.69) is 52.5 Å². The van der Waals surface area contributed by atoms with Crippen LogP contribution in [-0.4, -0.2) is 50.8 Å². The number of likely N-dealkylation sites (tertiary alicyclic amines) is 1. The number of hydrogen-bond acceptors (Lipinski definition) is 2. The Bertz CT molecular complexity index is 496. The molecule has 2 aliphatic heterocycles. The van der Waals surface area contributed by atoms with Crippen molar-refractivity contribution in [1.29, 1.82) is 0 Å². The van der Waals surface area contributed by atoms with Crippen LogP contribution in [0.1, 0.15) is 24.8 Å². The fourth-order valence-corrected chi connectivity index (χ4v) is 3.13. The van der Waals surface area contributed by atoms with Gasteiger partial charge in [0, 0.05) is 38.0 Å². The van der Waals surface area contributed by atoms with E-state index < -0.39 is 0 Å². The van der Waals surface area contributed by atoms with Crippen molar-refractivity contribution in [3.63, 3.8) is 0 Å². The third-order valence-corrected chi connectivity index (χ3v) is 4.54. The molecule has 114 valence electrons. The number of guanidine groups is 1. The molecule has 4 heteroatoms. The molecule has 0 aliphatic carbocycles.